The van der Waals surface area contributed by atoms with E-state index < -0.39 is 18.1 Å². The second-order valence-electron chi connectivity index (χ2n) is 10.5. The van der Waals surface area contributed by atoms with E-state index >= 15 is 0 Å². The van der Waals surface area contributed by atoms with Crippen LogP contribution in [-0.4, -0.2) is 82.1 Å². The zero-order chi connectivity index (χ0) is 33.2. The molecule has 5 rings (SSSR count). The number of aromatic nitrogens is 6. The smallest absolute Gasteiger partial charge is 0.411 e. The van der Waals surface area contributed by atoms with Crippen LogP contribution in [0.25, 0.3) is 23.0 Å². The molecule has 0 fully saturated rings. The molecular formula is C31H34ClN9O6. The van der Waals surface area contributed by atoms with Gasteiger partial charge in [-0.05, 0) is 65.7 Å². The van der Waals surface area contributed by atoms with E-state index in [4.69, 9.17) is 30.8 Å². The lowest BCUT2D eigenvalue weighted by atomic mass is 10.0. The molecule has 4 N–H and O–H groups in total. The Morgan fingerprint density at radius 2 is 1.98 bits per heavy atom. The first-order chi connectivity index (χ1) is 22.9. The summed E-state index contributed by atoms with van der Waals surface area (Å²) in [4.78, 5) is 46.4. The van der Waals surface area contributed by atoms with Crippen LogP contribution in [0.5, 0.6) is 0 Å². The molecule has 4 aromatic rings. The molecule has 3 heterocycles. The summed E-state index contributed by atoms with van der Waals surface area (Å²) in [6.45, 7) is 1.02. The first-order valence-electron chi connectivity index (χ1n) is 14.9. The third-order valence-electron chi connectivity index (χ3n) is 7.28. The number of ether oxygens (including phenoxy) is 3. The number of fused-ring (bicyclic) bond motifs is 4. The van der Waals surface area contributed by atoms with Crippen molar-refractivity contribution in [3.63, 3.8) is 0 Å². The highest BCUT2D eigenvalue weighted by molar-refractivity contribution is 6.30. The lowest BCUT2D eigenvalue weighted by Crippen LogP contribution is -2.28. The number of halogens is 1. The summed E-state index contributed by atoms with van der Waals surface area (Å²) in [5.74, 6) is -0.600. The van der Waals surface area contributed by atoms with Crippen molar-refractivity contribution < 1.29 is 28.6 Å². The minimum atomic E-state index is -0.623. The summed E-state index contributed by atoms with van der Waals surface area (Å²) in [5, 5.41) is 20.9. The van der Waals surface area contributed by atoms with Crippen LogP contribution in [0.3, 0.4) is 0 Å². The molecular weight excluding hydrogens is 630 g/mol. The van der Waals surface area contributed by atoms with Crippen LogP contribution in [0.15, 0.2) is 48.8 Å². The molecule has 2 aromatic carbocycles. The normalized spacial score (nSPS) is 14.7. The SMILES string of the molecule is COCCOC(=O)Nc1ccc2c(c1)NCCCCC[C@H](NC(=O)/C=C/c1cc(Cl)ccc1-n1cnnn1)c1nc-2c(C(=O)OC)[nH]1. The molecule has 1 aliphatic rings. The van der Waals surface area contributed by atoms with E-state index in [0.717, 1.165) is 19.3 Å². The van der Waals surface area contributed by atoms with E-state index in [1.807, 2.05) is 0 Å². The summed E-state index contributed by atoms with van der Waals surface area (Å²) in [5.41, 5.74) is 3.48. The van der Waals surface area contributed by atoms with Crippen LogP contribution < -0.4 is 16.0 Å². The number of rotatable bonds is 9. The molecule has 47 heavy (non-hydrogen) atoms. The number of esters is 1. The van der Waals surface area contributed by atoms with Crippen LogP contribution in [-0.2, 0) is 19.0 Å². The minimum absolute atomic E-state index is 0.111. The molecule has 0 aliphatic carbocycles. The number of imidazole rings is 1. The van der Waals surface area contributed by atoms with E-state index in [-0.39, 0.29) is 24.8 Å². The van der Waals surface area contributed by atoms with Gasteiger partial charge in [0, 0.05) is 47.3 Å². The van der Waals surface area contributed by atoms with Crippen LogP contribution >= 0.6 is 11.6 Å². The van der Waals surface area contributed by atoms with Gasteiger partial charge in [-0.15, -0.1) is 5.10 Å². The van der Waals surface area contributed by atoms with Crippen LogP contribution in [0.4, 0.5) is 16.2 Å². The van der Waals surface area contributed by atoms with Gasteiger partial charge in [0.1, 0.15) is 24.5 Å². The first-order valence-corrected chi connectivity index (χ1v) is 15.2. The fraction of sp³-hybridized carbons (Fsp3) is 0.323. The molecule has 0 spiro atoms. The van der Waals surface area contributed by atoms with Crippen molar-refractivity contribution in [2.45, 2.75) is 31.7 Å². The number of carbonyl (C=O) groups excluding carboxylic acids is 3. The standard InChI is InChI=1S/C31H34ClN9O6/c1-45-14-15-47-31(44)35-21-9-10-22-24(17-21)33-13-5-3-4-6-23(29-37-27(22)28(38-29)30(43)46-2)36-26(42)12-7-19-16-20(32)8-11-25(19)41-18-34-39-40-41/h7-12,16-18,23,33H,3-6,13-15H2,1-2H3,(H,35,44)(H,36,42)(H,37,38)/b12-7+/t23-/m0/s1. The Balaban J connectivity index is 1.43. The highest BCUT2D eigenvalue weighted by atomic mass is 35.5. The fourth-order valence-corrected chi connectivity index (χ4v) is 5.20. The highest BCUT2D eigenvalue weighted by Crippen LogP contribution is 2.34. The third-order valence-corrected chi connectivity index (χ3v) is 7.52. The maximum Gasteiger partial charge on any atom is 0.411 e. The number of anilines is 2. The Morgan fingerprint density at radius 3 is 2.77 bits per heavy atom. The van der Waals surface area contributed by atoms with Crippen molar-refractivity contribution in [3.05, 3.63) is 70.9 Å². The molecule has 1 atom stereocenters. The zero-order valence-electron chi connectivity index (χ0n) is 25.8. The van der Waals surface area contributed by atoms with Crippen molar-refractivity contribution in [3.8, 4) is 16.9 Å². The number of methoxy groups -OCH3 is 2. The van der Waals surface area contributed by atoms with E-state index in [0.29, 0.717) is 57.7 Å². The molecule has 2 amide bonds. The lowest BCUT2D eigenvalue weighted by molar-refractivity contribution is -0.117. The van der Waals surface area contributed by atoms with Gasteiger partial charge in [-0.2, -0.15) is 4.68 Å². The largest absolute Gasteiger partial charge is 0.464 e. The van der Waals surface area contributed by atoms with Gasteiger partial charge in [-0.3, -0.25) is 10.1 Å². The number of aromatic amines is 1. The summed E-state index contributed by atoms with van der Waals surface area (Å²) in [6, 6.07) is 9.80. The zero-order valence-corrected chi connectivity index (χ0v) is 26.5. The molecule has 0 unspecified atom stereocenters. The number of tetrazole rings is 1. The van der Waals surface area contributed by atoms with Crippen molar-refractivity contribution in [1.29, 1.82) is 0 Å². The topological polar surface area (TPSA) is 187 Å². The maximum absolute atomic E-state index is 13.3. The second kappa shape index (κ2) is 15.8. The Labute approximate surface area is 275 Å². The number of amides is 2. The van der Waals surface area contributed by atoms with Gasteiger partial charge in [0.15, 0.2) is 5.69 Å². The van der Waals surface area contributed by atoms with E-state index in [9.17, 15) is 14.4 Å². The second-order valence-corrected chi connectivity index (χ2v) is 10.9. The molecule has 246 valence electrons. The predicted molar refractivity (Wildman–Crippen MR) is 173 cm³/mol. The summed E-state index contributed by atoms with van der Waals surface area (Å²) in [7, 11) is 2.80. The Hall–Kier alpha value is -5.28. The summed E-state index contributed by atoms with van der Waals surface area (Å²) < 4.78 is 16.6. The van der Waals surface area contributed by atoms with Gasteiger partial charge < -0.3 is 29.8 Å². The number of carbonyl (C=O) groups is 3. The van der Waals surface area contributed by atoms with Crippen molar-refractivity contribution >= 4 is 47.0 Å². The van der Waals surface area contributed by atoms with Gasteiger partial charge in [0.25, 0.3) is 0 Å². The fourth-order valence-electron chi connectivity index (χ4n) is 5.02. The van der Waals surface area contributed by atoms with E-state index in [2.05, 4.69) is 36.5 Å². The van der Waals surface area contributed by atoms with Gasteiger partial charge in [0.2, 0.25) is 5.91 Å². The molecule has 15 nitrogen and oxygen atoms in total. The Kier molecular flexibility index (Phi) is 11.1. The Bertz CT molecular complexity index is 1740. The summed E-state index contributed by atoms with van der Waals surface area (Å²) >= 11 is 6.23. The average Bonchev–Trinajstić information content (AvgIpc) is 3.76. The quantitative estimate of drug-likeness (QED) is 0.112. The maximum atomic E-state index is 13.3. The predicted octanol–water partition coefficient (Wildman–Crippen LogP) is 4.54. The Morgan fingerprint density at radius 1 is 1.11 bits per heavy atom. The summed E-state index contributed by atoms with van der Waals surface area (Å²) in [6.07, 6.45) is 6.90. The van der Waals surface area contributed by atoms with Crippen molar-refractivity contribution in [1.82, 2.24) is 35.5 Å². The molecule has 2 aromatic heterocycles. The van der Waals surface area contributed by atoms with Gasteiger partial charge in [-0.25, -0.2) is 14.6 Å². The van der Waals surface area contributed by atoms with Crippen LogP contribution in [0.2, 0.25) is 5.02 Å². The first kappa shape index (κ1) is 33.1. The van der Waals surface area contributed by atoms with Gasteiger partial charge in [-0.1, -0.05) is 24.4 Å². The van der Waals surface area contributed by atoms with Crippen molar-refractivity contribution in [2.24, 2.45) is 0 Å². The van der Waals surface area contributed by atoms with Gasteiger partial charge in [0.05, 0.1) is 25.4 Å². The number of H-pyrrole nitrogens is 1. The van der Waals surface area contributed by atoms with E-state index in [1.165, 1.54) is 31.3 Å². The number of nitrogens with one attached hydrogen (secondary N) is 4. The average molecular weight is 664 g/mol. The molecule has 2 bridgehead atoms. The minimum Gasteiger partial charge on any atom is -0.464 e. The third kappa shape index (κ3) is 8.51. The molecule has 0 saturated heterocycles. The van der Waals surface area contributed by atoms with Gasteiger partial charge >= 0.3 is 12.1 Å². The van der Waals surface area contributed by atoms with Crippen LogP contribution in [0, 0.1) is 0 Å². The monoisotopic (exact) mass is 663 g/mol. The molecule has 0 saturated carbocycles. The highest BCUT2D eigenvalue weighted by Gasteiger charge is 2.26. The van der Waals surface area contributed by atoms with Crippen molar-refractivity contribution in [2.75, 3.05) is 44.6 Å². The molecule has 1 aliphatic heterocycles. The number of benzene rings is 2. The number of hydrogen-bond acceptors (Lipinski definition) is 11. The lowest BCUT2D eigenvalue weighted by Gasteiger charge is -2.17. The van der Waals surface area contributed by atoms with Crippen LogP contribution in [0.1, 0.15) is 53.6 Å². The number of hydrogen-bond donors (Lipinski definition) is 4. The molecule has 0 radical (unpaired) electrons. The number of nitrogens with zero attached hydrogens (tertiary/aromatic N) is 5. The van der Waals surface area contributed by atoms with E-state index in [1.54, 1.807) is 42.5 Å². The molecule has 16 heteroatoms.